The summed E-state index contributed by atoms with van der Waals surface area (Å²) in [6.07, 6.45) is 3.08. The topological polar surface area (TPSA) is 98.5 Å². The molecule has 140 valence electrons. The first-order chi connectivity index (χ1) is 12.9. The van der Waals surface area contributed by atoms with Crippen molar-refractivity contribution in [2.45, 2.75) is 19.4 Å². The number of aromatic nitrogens is 4. The summed E-state index contributed by atoms with van der Waals surface area (Å²) >= 11 is 12.0. The molecule has 8 nitrogen and oxygen atoms in total. The predicted octanol–water partition coefficient (Wildman–Crippen LogP) is 2.39. The van der Waals surface area contributed by atoms with Gasteiger partial charge < -0.3 is 10.1 Å². The van der Waals surface area contributed by atoms with Crippen molar-refractivity contribution in [2.24, 2.45) is 0 Å². The Morgan fingerprint density at radius 2 is 2.15 bits per heavy atom. The highest BCUT2D eigenvalue weighted by Crippen LogP contribution is 2.25. The van der Waals surface area contributed by atoms with Gasteiger partial charge in [0.05, 0.1) is 6.04 Å². The first-order valence-electron chi connectivity index (χ1n) is 7.98. The third-order valence-corrected chi connectivity index (χ3v) is 4.20. The fourth-order valence-corrected chi connectivity index (χ4v) is 2.96. The number of ether oxygens (including phenoxy) is 1. The van der Waals surface area contributed by atoms with E-state index in [2.05, 4.69) is 20.4 Å². The van der Waals surface area contributed by atoms with Crippen molar-refractivity contribution >= 4 is 40.9 Å². The monoisotopic (exact) mass is 407 g/mol. The van der Waals surface area contributed by atoms with Crippen LogP contribution in [0.4, 0.5) is 0 Å². The van der Waals surface area contributed by atoms with Gasteiger partial charge in [0.1, 0.15) is 6.42 Å². The van der Waals surface area contributed by atoms with Gasteiger partial charge in [-0.1, -0.05) is 29.3 Å². The van der Waals surface area contributed by atoms with Crippen LogP contribution < -0.4 is 5.32 Å². The van der Waals surface area contributed by atoms with Crippen molar-refractivity contribution < 1.29 is 14.3 Å². The molecule has 1 aromatic carbocycles. The zero-order chi connectivity index (χ0) is 19.4. The Balaban J connectivity index is 1.50. The molecule has 0 fully saturated rings. The fourth-order valence-electron chi connectivity index (χ4n) is 2.39. The number of hydrogen-bond donors (Lipinski definition) is 1. The molecule has 0 radical (unpaired) electrons. The van der Waals surface area contributed by atoms with Gasteiger partial charge in [-0.3, -0.25) is 9.59 Å². The predicted molar refractivity (Wildman–Crippen MR) is 98.5 cm³/mol. The van der Waals surface area contributed by atoms with Crippen LogP contribution in [0.25, 0.3) is 5.78 Å². The second-order valence-corrected chi connectivity index (χ2v) is 6.53. The molecule has 0 aliphatic carbocycles. The molecule has 1 unspecified atom stereocenters. The second kappa shape index (κ2) is 8.32. The average molecular weight is 408 g/mol. The van der Waals surface area contributed by atoms with Crippen molar-refractivity contribution in [2.75, 3.05) is 6.61 Å². The van der Waals surface area contributed by atoms with Crippen LogP contribution in [0.1, 0.15) is 24.4 Å². The minimum atomic E-state index is -0.613. The Morgan fingerprint density at radius 3 is 2.89 bits per heavy atom. The molecule has 1 N–H and O–H groups in total. The molecule has 0 aliphatic rings. The summed E-state index contributed by atoms with van der Waals surface area (Å²) in [7, 11) is 0. The number of nitrogens with one attached hydrogen (secondary N) is 1. The van der Waals surface area contributed by atoms with Gasteiger partial charge in [-0.25, -0.2) is 9.50 Å². The number of nitrogens with zero attached hydrogens (tertiary/aromatic N) is 4. The van der Waals surface area contributed by atoms with Gasteiger partial charge >= 0.3 is 5.97 Å². The summed E-state index contributed by atoms with van der Waals surface area (Å²) in [5.74, 6) is -0.420. The maximum atomic E-state index is 12.0. The van der Waals surface area contributed by atoms with Crippen LogP contribution in [0.5, 0.6) is 0 Å². The quantitative estimate of drug-likeness (QED) is 0.629. The normalized spacial score (nSPS) is 12.0. The zero-order valence-corrected chi connectivity index (χ0v) is 15.7. The SMILES string of the molecule is CC(NC(=O)COC(=O)Cc1nc2ncccn2n1)c1ccc(Cl)cc1Cl. The lowest BCUT2D eigenvalue weighted by molar-refractivity contribution is -0.148. The van der Waals surface area contributed by atoms with E-state index in [1.165, 1.54) is 4.52 Å². The maximum absolute atomic E-state index is 12.0. The Bertz CT molecular complexity index is 959. The van der Waals surface area contributed by atoms with E-state index in [1.807, 2.05) is 0 Å². The van der Waals surface area contributed by atoms with Crippen LogP contribution in [-0.4, -0.2) is 38.1 Å². The molecular formula is C17H15Cl2N5O3. The van der Waals surface area contributed by atoms with Crippen molar-refractivity contribution in [3.05, 3.63) is 58.1 Å². The van der Waals surface area contributed by atoms with E-state index < -0.39 is 18.5 Å². The Hall–Kier alpha value is -2.71. The molecule has 0 saturated heterocycles. The summed E-state index contributed by atoms with van der Waals surface area (Å²) in [5, 5.41) is 7.76. The Labute approximate surface area is 164 Å². The number of rotatable bonds is 6. The number of fused-ring (bicyclic) bond motifs is 1. The maximum Gasteiger partial charge on any atom is 0.314 e. The summed E-state index contributed by atoms with van der Waals surface area (Å²) in [6, 6.07) is 6.33. The van der Waals surface area contributed by atoms with E-state index in [0.29, 0.717) is 21.4 Å². The third-order valence-electron chi connectivity index (χ3n) is 3.63. The third kappa shape index (κ3) is 4.93. The van der Waals surface area contributed by atoms with E-state index in [4.69, 9.17) is 27.9 Å². The fraction of sp³-hybridized carbons (Fsp3) is 0.235. The minimum absolute atomic E-state index is 0.158. The molecule has 2 aromatic heterocycles. The molecule has 10 heteroatoms. The average Bonchev–Trinajstić information content (AvgIpc) is 3.02. The number of benzene rings is 1. The lowest BCUT2D eigenvalue weighted by Crippen LogP contribution is -2.31. The Kier molecular flexibility index (Phi) is 5.88. The molecule has 1 amide bonds. The number of carbonyl (C=O) groups excluding carboxylic acids is 2. The van der Waals surface area contributed by atoms with Gasteiger partial charge in [0.25, 0.3) is 11.7 Å². The van der Waals surface area contributed by atoms with Gasteiger partial charge in [-0.2, -0.15) is 4.98 Å². The second-order valence-electron chi connectivity index (χ2n) is 5.68. The van der Waals surface area contributed by atoms with Gasteiger partial charge in [0, 0.05) is 22.4 Å². The van der Waals surface area contributed by atoms with Crippen molar-refractivity contribution in [1.29, 1.82) is 0 Å². The molecule has 0 bridgehead atoms. The molecule has 3 rings (SSSR count). The largest absolute Gasteiger partial charge is 0.455 e. The highest BCUT2D eigenvalue weighted by Gasteiger charge is 2.16. The number of carbonyl (C=O) groups is 2. The van der Waals surface area contributed by atoms with Crippen LogP contribution >= 0.6 is 23.2 Å². The van der Waals surface area contributed by atoms with Crippen molar-refractivity contribution in [3.8, 4) is 0 Å². The Morgan fingerprint density at radius 1 is 1.33 bits per heavy atom. The van der Waals surface area contributed by atoms with Crippen molar-refractivity contribution in [3.63, 3.8) is 0 Å². The van der Waals surface area contributed by atoms with Crippen molar-refractivity contribution in [1.82, 2.24) is 24.9 Å². The first kappa shape index (κ1) is 19.1. The number of amides is 1. The summed E-state index contributed by atoms with van der Waals surface area (Å²) in [6.45, 7) is 1.35. The minimum Gasteiger partial charge on any atom is -0.455 e. The van der Waals surface area contributed by atoms with Gasteiger partial charge in [-0.05, 0) is 30.7 Å². The highest BCUT2D eigenvalue weighted by atomic mass is 35.5. The van der Waals surface area contributed by atoms with Gasteiger partial charge in [-0.15, -0.1) is 5.10 Å². The molecule has 0 aliphatic heterocycles. The lowest BCUT2D eigenvalue weighted by atomic mass is 10.1. The van der Waals surface area contributed by atoms with E-state index in [1.54, 1.807) is 43.6 Å². The summed E-state index contributed by atoms with van der Waals surface area (Å²) in [4.78, 5) is 32.0. The van der Waals surface area contributed by atoms with Gasteiger partial charge in [0.2, 0.25) is 0 Å². The molecule has 2 heterocycles. The smallest absolute Gasteiger partial charge is 0.314 e. The first-order valence-corrected chi connectivity index (χ1v) is 8.74. The van der Waals surface area contributed by atoms with Crippen LogP contribution in [-0.2, 0) is 20.7 Å². The number of hydrogen-bond acceptors (Lipinski definition) is 6. The number of halogens is 2. The van der Waals surface area contributed by atoms with Crippen LogP contribution in [0.3, 0.4) is 0 Å². The van der Waals surface area contributed by atoms with Gasteiger partial charge in [0.15, 0.2) is 12.4 Å². The van der Waals surface area contributed by atoms with Crippen LogP contribution in [0.15, 0.2) is 36.7 Å². The van der Waals surface area contributed by atoms with E-state index >= 15 is 0 Å². The molecular weight excluding hydrogens is 393 g/mol. The molecule has 0 saturated carbocycles. The lowest BCUT2D eigenvalue weighted by Gasteiger charge is -2.16. The van der Waals surface area contributed by atoms with E-state index in [0.717, 1.165) is 0 Å². The standard InChI is InChI=1S/C17H15Cl2N5O3/c1-10(12-4-3-11(18)7-13(12)19)21-15(25)9-27-16(26)8-14-22-17-20-5-2-6-24(17)23-14/h2-7,10H,8-9H2,1H3,(H,21,25). The van der Waals surface area contributed by atoms with Crippen LogP contribution in [0.2, 0.25) is 10.0 Å². The number of esters is 1. The molecule has 0 spiro atoms. The molecule has 3 aromatic rings. The molecule has 1 atom stereocenters. The zero-order valence-electron chi connectivity index (χ0n) is 14.2. The molecule has 27 heavy (non-hydrogen) atoms. The highest BCUT2D eigenvalue weighted by molar-refractivity contribution is 6.35. The van der Waals surface area contributed by atoms with E-state index in [-0.39, 0.29) is 18.3 Å². The summed E-state index contributed by atoms with van der Waals surface area (Å²) < 4.78 is 6.43. The van der Waals surface area contributed by atoms with E-state index in [9.17, 15) is 9.59 Å². The summed E-state index contributed by atoms with van der Waals surface area (Å²) in [5.41, 5.74) is 0.710. The van der Waals surface area contributed by atoms with Crippen LogP contribution in [0, 0.1) is 0 Å².